The molecule has 1 aromatic rings. The van der Waals surface area contributed by atoms with Gasteiger partial charge in [0, 0.05) is 5.56 Å². The van der Waals surface area contributed by atoms with Crippen molar-refractivity contribution in [1.82, 2.24) is 5.32 Å². The van der Waals surface area contributed by atoms with Crippen molar-refractivity contribution >= 4 is 6.09 Å². The third-order valence-corrected chi connectivity index (χ3v) is 2.61. The molecule has 0 unspecified atom stereocenters. The van der Waals surface area contributed by atoms with Gasteiger partial charge in [-0.05, 0) is 32.9 Å². The molecule has 1 heterocycles. The van der Waals surface area contributed by atoms with Crippen LogP contribution in [0.1, 0.15) is 37.9 Å². The van der Waals surface area contributed by atoms with E-state index in [1.54, 1.807) is 18.2 Å². The maximum atomic E-state index is 11.7. The topological polar surface area (TPSA) is 71.3 Å². The highest BCUT2D eigenvalue weighted by Gasteiger charge is 2.27. The molecule has 5 nitrogen and oxygen atoms in total. The Kier molecular flexibility index (Phi) is 3.34. The van der Waals surface area contributed by atoms with E-state index in [1.165, 1.54) is 0 Å². The molecule has 100 valence electrons. The molecule has 19 heavy (non-hydrogen) atoms. The smallest absolute Gasteiger partial charge is 0.408 e. The zero-order valence-electron chi connectivity index (χ0n) is 11.2. The van der Waals surface area contributed by atoms with E-state index >= 15 is 0 Å². The first kappa shape index (κ1) is 13.2. The summed E-state index contributed by atoms with van der Waals surface area (Å²) in [6.07, 6.45) is -0.474. The summed E-state index contributed by atoms with van der Waals surface area (Å²) in [6.45, 7) is 5.78. The summed E-state index contributed by atoms with van der Waals surface area (Å²) in [7, 11) is 0. The second kappa shape index (κ2) is 4.81. The molecular formula is C14H16N2O3. The molecule has 0 saturated carbocycles. The van der Waals surface area contributed by atoms with Gasteiger partial charge in [0.1, 0.15) is 18.0 Å². The normalized spacial score (nSPS) is 17.1. The first-order valence-corrected chi connectivity index (χ1v) is 6.05. The summed E-state index contributed by atoms with van der Waals surface area (Å²) >= 11 is 0. The van der Waals surface area contributed by atoms with Gasteiger partial charge in [0.25, 0.3) is 0 Å². The molecule has 1 amide bonds. The largest absolute Gasteiger partial charge is 0.491 e. The van der Waals surface area contributed by atoms with E-state index < -0.39 is 11.7 Å². The number of hydrogen-bond donors (Lipinski definition) is 1. The highest BCUT2D eigenvalue weighted by molar-refractivity contribution is 5.69. The molecule has 0 spiro atoms. The summed E-state index contributed by atoms with van der Waals surface area (Å²) in [5.41, 5.74) is 0.873. The molecule has 0 aliphatic carbocycles. The van der Waals surface area contributed by atoms with E-state index in [0.717, 1.165) is 5.56 Å². The number of alkyl carbamates (subject to hydrolysis) is 1. The molecule has 1 aliphatic heterocycles. The van der Waals surface area contributed by atoms with Crippen molar-refractivity contribution in [1.29, 1.82) is 5.26 Å². The minimum absolute atomic E-state index is 0.238. The van der Waals surface area contributed by atoms with Crippen molar-refractivity contribution in [3.8, 4) is 11.8 Å². The lowest BCUT2D eigenvalue weighted by atomic mass is 10.1. The second-order valence-corrected chi connectivity index (χ2v) is 5.37. The van der Waals surface area contributed by atoms with Crippen molar-refractivity contribution in [2.75, 3.05) is 6.61 Å². The molecule has 0 radical (unpaired) electrons. The van der Waals surface area contributed by atoms with E-state index in [4.69, 9.17) is 14.7 Å². The number of benzene rings is 1. The van der Waals surface area contributed by atoms with E-state index in [2.05, 4.69) is 11.4 Å². The minimum Gasteiger partial charge on any atom is -0.491 e. The van der Waals surface area contributed by atoms with Crippen molar-refractivity contribution in [3.63, 3.8) is 0 Å². The number of ether oxygens (including phenoxy) is 2. The Morgan fingerprint density at radius 3 is 2.89 bits per heavy atom. The summed E-state index contributed by atoms with van der Waals surface area (Å²) in [6, 6.07) is 6.99. The van der Waals surface area contributed by atoms with Gasteiger partial charge in [0.2, 0.25) is 0 Å². The first-order valence-electron chi connectivity index (χ1n) is 6.05. The second-order valence-electron chi connectivity index (χ2n) is 5.37. The SMILES string of the molecule is CC(C)(C)OC(=O)N[C@@H]1COc2cc(C#N)ccc21. The summed E-state index contributed by atoms with van der Waals surface area (Å²) in [4.78, 5) is 11.7. The Morgan fingerprint density at radius 2 is 2.26 bits per heavy atom. The summed E-state index contributed by atoms with van der Waals surface area (Å²) < 4.78 is 10.7. The Morgan fingerprint density at radius 1 is 1.53 bits per heavy atom. The standard InChI is InChI=1S/C14H16N2O3/c1-14(2,3)19-13(17)16-11-8-18-12-6-9(7-15)4-5-10(11)12/h4-6,11H,8H2,1-3H3,(H,16,17)/t11-/m1/s1. The molecule has 0 bridgehead atoms. The molecular weight excluding hydrogens is 244 g/mol. The fourth-order valence-electron chi connectivity index (χ4n) is 1.85. The van der Waals surface area contributed by atoms with E-state index in [-0.39, 0.29) is 6.04 Å². The summed E-state index contributed by atoms with van der Waals surface area (Å²) in [5.74, 6) is 0.639. The average molecular weight is 260 g/mol. The Bertz CT molecular complexity index is 541. The van der Waals surface area contributed by atoms with Gasteiger partial charge in [-0.2, -0.15) is 5.26 Å². The predicted molar refractivity (Wildman–Crippen MR) is 68.8 cm³/mol. The van der Waals surface area contributed by atoms with Gasteiger partial charge >= 0.3 is 6.09 Å². The van der Waals surface area contributed by atoms with Gasteiger partial charge in [-0.1, -0.05) is 6.07 Å². The van der Waals surface area contributed by atoms with Crippen LogP contribution >= 0.6 is 0 Å². The number of nitrogens with zero attached hydrogens (tertiary/aromatic N) is 1. The highest BCUT2D eigenvalue weighted by atomic mass is 16.6. The van der Waals surface area contributed by atoms with Gasteiger partial charge in [-0.15, -0.1) is 0 Å². The molecule has 5 heteroatoms. The minimum atomic E-state index is -0.531. The average Bonchev–Trinajstić information content (AvgIpc) is 2.69. The van der Waals surface area contributed by atoms with Crippen LogP contribution in [-0.4, -0.2) is 18.3 Å². The van der Waals surface area contributed by atoms with Crippen LogP contribution in [0.3, 0.4) is 0 Å². The van der Waals surface area contributed by atoms with Crippen molar-refractivity contribution in [3.05, 3.63) is 29.3 Å². The van der Waals surface area contributed by atoms with Crippen LogP contribution < -0.4 is 10.1 Å². The lowest BCUT2D eigenvalue weighted by molar-refractivity contribution is 0.0497. The van der Waals surface area contributed by atoms with E-state index in [9.17, 15) is 4.79 Å². The molecule has 1 atom stereocenters. The zero-order valence-corrected chi connectivity index (χ0v) is 11.2. The predicted octanol–water partition coefficient (Wildman–Crippen LogP) is 2.52. The molecule has 0 fully saturated rings. The van der Waals surface area contributed by atoms with Crippen LogP contribution in [-0.2, 0) is 4.74 Å². The quantitative estimate of drug-likeness (QED) is 0.842. The molecule has 0 aromatic heterocycles. The van der Waals surface area contributed by atoms with Crippen LogP contribution in [0.2, 0.25) is 0 Å². The fourth-order valence-corrected chi connectivity index (χ4v) is 1.85. The summed E-state index contributed by atoms with van der Waals surface area (Å²) in [5, 5.41) is 11.6. The van der Waals surface area contributed by atoms with Gasteiger partial charge < -0.3 is 14.8 Å². The number of carbonyl (C=O) groups is 1. The number of hydrogen-bond acceptors (Lipinski definition) is 4. The number of carbonyl (C=O) groups excluding carboxylic acids is 1. The van der Waals surface area contributed by atoms with Gasteiger partial charge in [-0.3, -0.25) is 0 Å². The van der Waals surface area contributed by atoms with Crippen LogP contribution in [0.4, 0.5) is 4.79 Å². The number of fused-ring (bicyclic) bond motifs is 1. The molecule has 1 N–H and O–H groups in total. The maximum Gasteiger partial charge on any atom is 0.408 e. The number of nitriles is 1. The third kappa shape index (κ3) is 3.16. The molecule has 2 rings (SSSR count). The first-order chi connectivity index (χ1) is 8.89. The van der Waals surface area contributed by atoms with Gasteiger partial charge in [0.15, 0.2) is 0 Å². The Hall–Kier alpha value is -2.22. The van der Waals surface area contributed by atoms with Crippen molar-refractivity contribution in [2.24, 2.45) is 0 Å². The number of rotatable bonds is 1. The van der Waals surface area contributed by atoms with Crippen molar-refractivity contribution in [2.45, 2.75) is 32.4 Å². The third-order valence-electron chi connectivity index (χ3n) is 2.61. The van der Waals surface area contributed by atoms with Crippen LogP contribution in [0.5, 0.6) is 5.75 Å². The van der Waals surface area contributed by atoms with Crippen LogP contribution in [0, 0.1) is 11.3 Å². The maximum absolute atomic E-state index is 11.7. The van der Waals surface area contributed by atoms with Crippen molar-refractivity contribution < 1.29 is 14.3 Å². The molecule has 1 aliphatic rings. The van der Waals surface area contributed by atoms with Crippen LogP contribution in [0.15, 0.2) is 18.2 Å². The van der Waals surface area contributed by atoms with Gasteiger partial charge in [-0.25, -0.2) is 4.79 Å². The molecule has 1 aromatic carbocycles. The van der Waals surface area contributed by atoms with E-state index in [1.807, 2.05) is 20.8 Å². The Balaban J connectivity index is 2.07. The monoisotopic (exact) mass is 260 g/mol. The zero-order chi connectivity index (χ0) is 14.0. The number of nitrogens with one attached hydrogen (secondary N) is 1. The van der Waals surface area contributed by atoms with Gasteiger partial charge in [0.05, 0.1) is 17.7 Å². The molecule has 0 saturated heterocycles. The Labute approximate surface area is 112 Å². The number of amides is 1. The lowest BCUT2D eigenvalue weighted by Crippen LogP contribution is -2.35. The highest BCUT2D eigenvalue weighted by Crippen LogP contribution is 2.33. The lowest BCUT2D eigenvalue weighted by Gasteiger charge is -2.21. The van der Waals surface area contributed by atoms with E-state index in [0.29, 0.717) is 17.9 Å². The fraction of sp³-hybridized carbons (Fsp3) is 0.429. The van der Waals surface area contributed by atoms with Crippen LogP contribution in [0.25, 0.3) is 0 Å².